The van der Waals surface area contributed by atoms with Crippen LogP contribution in [0.5, 0.6) is 11.5 Å². The molecule has 0 aliphatic rings. The SMILES string of the molecule is COc1ccc(NC(=O)c2cc3c(F)cc(Br)cc3[nH]2)cc1OCC(N)=O. The highest BCUT2D eigenvalue weighted by molar-refractivity contribution is 9.10. The number of rotatable bonds is 6. The Morgan fingerprint density at radius 3 is 2.70 bits per heavy atom. The van der Waals surface area contributed by atoms with E-state index in [4.69, 9.17) is 15.2 Å². The maximum absolute atomic E-state index is 14.0. The van der Waals surface area contributed by atoms with Gasteiger partial charge in [-0.05, 0) is 30.3 Å². The number of halogens is 2. The van der Waals surface area contributed by atoms with Crippen molar-refractivity contribution in [2.24, 2.45) is 5.73 Å². The highest BCUT2D eigenvalue weighted by Crippen LogP contribution is 2.30. The molecule has 0 radical (unpaired) electrons. The molecule has 0 aliphatic heterocycles. The second-order valence-corrected chi connectivity index (χ2v) is 6.52. The Balaban J connectivity index is 1.84. The zero-order chi connectivity index (χ0) is 19.6. The molecule has 2 aromatic carbocycles. The van der Waals surface area contributed by atoms with Gasteiger partial charge in [-0.1, -0.05) is 15.9 Å². The lowest BCUT2D eigenvalue weighted by molar-refractivity contribution is -0.119. The Kier molecular flexibility index (Phi) is 5.31. The highest BCUT2D eigenvalue weighted by atomic mass is 79.9. The summed E-state index contributed by atoms with van der Waals surface area (Å²) >= 11 is 3.21. The van der Waals surface area contributed by atoms with Crippen LogP contribution in [0.4, 0.5) is 10.1 Å². The molecule has 140 valence electrons. The lowest BCUT2D eigenvalue weighted by atomic mass is 10.2. The molecule has 1 aromatic heterocycles. The molecule has 0 fully saturated rings. The number of fused-ring (bicyclic) bond motifs is 1. The van der Waals surface area contributed by atoms with Gasteiger partial charge in [0, 0.05) is 21.6 Å². The van der Waals surface area contributed by atoms with Crippen LogP contribution < -0.4 is 20.5 Å². The summed E-state index contributed by atoms with van der Waals surface area (Å²) in [5, 5.41) is 2.99. The van der Waals surface area contributed by atoms with E-state index in [0.29, 0.717) is 26.8 Å². The highest BCUT2D eigenvalue weighted by Gasteiger charge is 2.14. The fraction of sp³-hybridized carbons (Fsp3) is 0.111. The number of hydrogen-bond donors (Lipinski definition) is 3. The first-order valence-corrected chi connectivity index (χ1v) is 8.55. The maximum atomic E-state index is 14.0. The van der Waals surface area contributed by atoms with E-state index in [1.165, 1.54) is 25.3 Å². The molecular formula is C18H15BrFN3O4. The summed E-state index contributed by atoms with van der Waals surface area (Å²) in [5.41, 5.74) is 6.16. The van der Waals surface area contributed by atoms with Crippen molar-refractivity contribution in [2.45, 2.75) is 0 Å². The van der Waals surface area contributed by atoms with Gasteiger partial charge in [-0.2, -0.15) is 0 Å². The first kappa shape index (κ1) is 18.7. The van der Waals surface area contributed by atoms with Crippen LogP contribution in [0.1, 0.15) is 10.5 Å². The molecule has 0 bridgehead atoms. The zero-order valence-corrected chi connectivity index (χ0v) is 15.7. The molecule has 0 spiro atoms. The molecule has 3 rings (SSSR count). The minimum absolute atomic E-state index is 0.192. The molecule has 2 amide bonds. The van der Waals surface area contributed by atoms with Gasteiger partial charge in [0.05, 0.1) is 12.6 Å². The number of benzene rings is 2. The Bertz CT molecular complexity index is 1030. The van der Waals surface area contributed by atoms with Crippen molar-refractivity contribution in [1.82, 2.24) is 4.98 Å². The fourth-order valence-electron chi connectivity index (χ4n) is 2.50. The number of carbonyl (C=O) groups excluding carboxylic acids is 2. The van der Waals surface area contributed by atoms with Crippen LogP contribution in [0.25, 0.3) is 10.9 Å². The quantitative estimate of drug-likeness (QED) is 0.552. The molecule has 3 aromatic rings. The van der Waals surface area contributed by atoms with Crippen molar-refractivity contribution in [1.29, 1.82) is 0 Å². The van der Waals surface area contributed by atoms with Crippen molar-refractivity contribution in [2.75, 3.05) is 19.0 Å². The number of ether oxygens (including phenoxy) is 2. The number of methoxy groups -OCH3 is 1. The van der Waals surface area contributed by atoms with Gasteiger partial charge in [0.15, 0.2) is 18.1 Å². The number of hydrogen-bond acceptors (Lipinski definition) is 4. The van der Waals surface area contributed by atoms with Gasteiger partial charge in [-0.3, -0.25) is 9.59 Å². The number of aromatic nitrogens is 1. The number of nitrogens with one attached hydrogen (secondary N) is 2. The summed E-state index contributed by atoms with van der Waals surface area (Å²) in [6.45, 7) is -0.329. The van der Waals surface area contributed by atoms with Crippen molar-refractivity contribution >= 4 is 44.3 Å². The molecular weight excluding hydrogens is 421 g/mol. The molecule has 9 heteroatoms. The molecule has 0 aliphatic carbocycles. The number of anilines is 1. The molecule has 0 unspecified atom stereocenters. The van der Waals surface area contributed by atoms with E-state index in [-0.39, 0.29) is 18.1 Å². The number of carbonyl (C=O) groups is 2. The van der Waals surface area contributed by atoms with Gasteiger partial charge in [-0.15, -0.1) is 0 Å². The lowest BCUT2D eigenvalue weighted by Gasteiger charge is -2.11. The first-order valence-electron chi connectivity index (χ1n) is 7.75. The predicted molar refractivity (Wildman–Crippen MR) is 102 cm³/mol. The van der Waals surface area contributed by atoms with Crippen molar-refractivity contribution < 1.29 is 23.5 Å². The van der Waals surface area contributed by atoms with E-state index in [0.717, 1.165) is 0 Å². The van der Waals surface area contributed by atoms with E-state index in [9.17, 15) is 14.0 Å². The lowest BCUT2D eigenvalue weighted by Crippen LogP contribution is -2.20. The summed E-state index contributed by atoms with van der Waals surface area (Å²) < 4.78 is 25.0. The van der Waals surface area contributed by atoms with E-state index >= 15 is 0 Å². The summed E-state index contributed by atoms with van der Waals surface area (Å²) in [6.07, 6.45) is 0. The van der Waals surface area contributed by atoms with Crippen LogP contribution in [0.3, 0.4) is 0 Å². The molecule has 7 nitrogen and oxygen atoms in total. The van der Waals surface area contributed by atoms with Crippen LogP contribution in [0, 0.1) is 5.82 Å². The van der Waals surface area contributed by atoms with Gasteiger partial charge in [0.1, 0.15) is 11.5 Å². The van der Waals surface area contributed by atoms with Crippen molar-refractivity contribution in [3.05, 3.63) is 52.4 Å². The monoisotopic (exact) mass is 435 g/mol. The molecule has 0 saturated heterocycles. The first-order chi connectivity index (χ1) is 12.9. The standard InChI is InChI=1S/C18H15BrFN3O4/c1-26-15-3-2-10(6-16(15)27-8-17(21)24)22-18(25)14-7-11-12(20)4-9(19)5-13(11)23-14/h2-7,23H,8H2,1H3,(H2,21,24)(H,22,25). The van der Waals surface area contributed by atoms with Gasteiger partial charge < -0.3 is 25.5 Å². The number of H-pyrrole nitrogens is 1. The Morgan fingerprint density at radius 2 is 2.00 bits per heavy atom. The largest absolute Gasteiger partial charge is 0.493 e. The van der Waals surface area contributed by atoms with E-state index in [1.807, 2.05) is 0 Å². The van der Waals surface area contributed by atoms with Crippen LogP contribution >= 0.6 is 15.9 Å². The molecule has 27 heavy (non-hydrogen) atoms. The van der Waals surface area contributed by atoms with Gasteiger partial charge in [0.25, 0.3) is 11.8 Å². The average molecular weight is 436 g/mol. The topological polar surface area (TPSA) is 106 Å². The second kappa shape index (κ2) is 7.67. The second-order valence-electron chi connectivity index (χ2n) is 5.61. The van der Waals surface area contributed by atoms with Crippen LogP contribution in [0.2, 0.25) is 0 Å². The molecule has 4 N–H and O–H groups in total. The average Bonchev–Trinajstić information content (AvgIpc) is 3.04. The maximum Gasteiger partial charge on any atom is 0.272 e. The summed E-state index contributed by atoms with van der Waals surface area (Å²) in [7, 11) is 1.45. The normalized spacial score (nSPS) is 10.6. The van der Waals surface area contributed by atoms with Gasteiger partial charge in [0.2, 0.25) is 0 Å². The van der Waals surface area contributed by atoms with E-state index in [1.54, 1.807) is 18.2 Å². The number of aromatic amines is 1. The third-order valence-corrected chi connectivity index (χ3v) is 4.15. The number of nitrogens with two attached hydrogens (primary N) is 1. The molecule has 0 saturated carbocycles. The van der Waals surface area contributed by atoms with E-state index < -0.39 is 17.6 Å². The molecule has 0 atom stereocenters. The van der Waals surface area contributed by atoms with Crippen LogP contribution in [-0.2, 0) is 4.79 Å². The number of amides is 2. The molecule has 1 heterocycles. The fourth-order valence-corrected chi connectivity index (χ4v) is 2.93. The van der Waals surface area contributed by atoms with E-state index in [2.05, 4.69) is 26.2 Å². The minimum Gasteiger partial charge on any atom is -0.493 e. The smallest absolute Gasteiger partial charge is 0.272 e. The Morgan fingerprint density at radius 1 is 1.22 bits per heavy atom. The van der Waals surface area contributed by atoms with Gasteiger partial charge >= 0.3 is 0 Å². The summed E-state index contributed by atoms with van der Waals surface area (Å²) in [5.74, 6) is -0.917. The van der Waals surface area contributed by atoms with Crippen LogP contribution in [-0.4, -0.2) is 30.5 Å². The third kappa shape index (κ3) is 4.20. The van der Waals surface area contributed by atoms with Crippen LogP contribution in [0.15, 0.2) is 40.9 Å². The number of primary amides is 1. The summed E-state index contributed by atoms with van der Waals surface area (Å²) in [6, 6.07) is 9.11. The summed E-state index contributed by atoms with van der Waals surface area (Å²) in [4.78, 5) is 26.3. The van der Waals surface area contributed by atoms with Crippen molar-refractivity contribution in [3.8, 4) is 11.5 Å². The Labute approximate surface area is 161 Å². The van der Waals surface area contributed by atoms with Gasteiger partial charge in [-0.25, -0.2) is 4.39 Å². The zero-order valence-electron chi connectivity index (χ0n) is 14.1. The van der Waals surface area contributed by atoms with Crippen molar-refractivity contribution in [3.63, 3.8) is 0 Å². The third-order valence-electron chi connectivity index (χ3n) is 3.69. The predicted octanol–water partition coefficient (Wildman–Crippen LogP) is 3.19. The minimum atomic E-state index is -0.641. The Hall–Kier alpha value is -3.07.